The molecule has 26 heavy (non-hydrogen) atoms. The van der Waals surface area contributed by atoms with Gasteiger partial charge < -0.3 is 19.9 Å². The Kier molecular flexibility index (Phi) is 9.47. The standard InChI is InChI=1S/C19H28N4O2.HI/c1-6-24-18-9-14(4)7-8-15(18)11-21-19(20-5)22-12-16-10-17(13(2)3)23-25-16;/h7-10,13H,6,11-12H2,1-5H3,(H2,20,21,22);1H. The Morgan fingerprint density at radius 2 is 1.96 bits per heavy atom. The van der Waals surface area contributed by atoms with Crippen LogP contribution in [0.2, 0.25) is 0 Å². The molecule has 0 saturated heterocycles. The molecule has 7 heteroatoms. The van der Waals surface area contributed by atoms with Gasteiger partial charge in [0.25, 0.3) is 0 Å². The molecule has 0 aliphatic heterocycles. The van der Waals surface area contributed by atoms with E-state index in [1.54, 1.807) is 7.05 Å². The molecule has 1 aromatic carbocycles. The third kappa shape index (κ3) is 6.51. The van der Waals surface area contributed by atoms with E-state index in [2.05, 4.69) is 59.8 Å². The van der Waals surface area contributed by atoms with Gasteiger partial charge >= 0.3 is 0 Å². The third-order valence-corrected chi connectivity index (χ3v) is 3.79. The highest BCUT2D eigenvalue weighted by atomic mass is 127. The van der Waals surface area contributed by atoms with Crippen LogP contribution in [0.1, 0.15) is 49.3 Å². The molecule has 0 saturated carbocycles. The topological polar surface area (TPSA) is 71.7 Å². The number of aliphatic imine (C=N–C) groups is 1. The van der Waals surface area contributed by atoms with Crippen molar-refractivity contribution < 1.29 is 9.26 Å². The fourth-order valence-corrected chi connectivity index (χ4v) is 2.35. The number of aryl methyl sites for hydroxylation is 1. The fraction of sp³-hybridized carbons (Fsp3) is 0.474. The second kappa shape index (κ2) is 11.1. The van der Waals surface area contributed by atoms with Crippen LogP contribution in [0.25, 0.3) is 0 Å². The first-order chi connectivity index (χ1) is 12.0. The maximum Gasteiger partial charge on any atom is 0.191 e. The Hall–Kier alpha value is -1.77. The van der Waals surface area contributed by atoms with E-state index in [1.807, 2.05) is 13.0 Å². The summed E-state index contributed by atoms with van der Waals surface area (Å²) in [6, 6.07) is 8.18. The van der Waals surface area contributed by atoms with Crippen molar-refractivity contribution in [1.29, 1.82) is 0 Å². The molecule has 0 bridgehead atoms. The van der Waals surface area contributed by atoms with Crippen molar-refractivity contribution in [2.24, 2.45) is 4.99 Å². The van der Waals surface area contributed by atoms with Crippen molar-refractivity contribution in [2.45, 2.75) is 46.7 Å². The molecule has 0 fully saturated rings. The fourth-order valence-electron chi connectivity index (χ4n) is 2.35. The van der Waals surface area contributed by atoms with E-state index in [1.165, 1.54) is 5.56 Å². The van der Waals surface area contributed by atoms with Gasteiger partial charge in [0.2, 0.25) is 0 Å². The van der Waals surface area contributed by atoms with Gasteiger partial charge in [0.05, 0.1) is 18.8 Å². The minimum atomic E-state index is 0. The van der Waals surface area contributed by atoms with Crippen LogP contribution < -0.4 is 15.4 Å². The van der Waals surface area contributed by atoms with Crippen molar-refractivity contribution in [2.75, 3.05) is 13.7 Å². The van der Waals surface area contributed by atoms with Crippen LogP contribution >= 0.6 is 24.0 Å². The summed E-state index contributed by atoms with van der Waals surface area (Å²) in [6.45, 7) is 10.0. The van der Waals surface area contributed by atoms with Crippen LogP contribution in [0.5, 0.6) is 5.75 Å². The molecule has 1 aromatic heterocycles. The molecule has 0 unspecified atom stereocenters. The van der Waals surface area contributed by atoms with E-state index in [-0.39, 0.29) is 24.0 Å². The molecule has 2 aromatic rings. The number of aromatic nitrogens is 1. The van der Waals surface area contributed by atoms with Crippen molar-refractivity contribution in [3.8, 4) is 5.75 Å². The number of benzene rings is 1. The average Bonchev–Trinajstić information content (AvgIpc) is 3.06. The third-order valence-electron chi connectivity index (χ3n) is 3.79. The summed E-state index contributed by atoms with van der Waals surface area (Å²) in [5.74, 6) is 2.75. The first-order valence-corrected chi connectivity index (χ1v) is 8.65. The number of nitrogens with zero attached hydrogens (tertiary/aromatic N) is 2. The molecule has 1 heterocycles. The maximum atomic E-state index is 5.71. The summed E-state index contributed by atoms with van der Waals surface area (Å²) in [7, 11) is 1.74. The highest BCUT2D eigenvalue weighted by Crippen LogP contribution is 2.20. The zero-order valence-electron chi connectivity index (χ0n) is 16.1. The first kappa shape index (κ1) is 22.3. The lowest BCUT2D eigenvalue weighted by Crippen LogP contribution is -2.36. The zero-order chi connectivity index (χ0) is 18.2. The van der Waals surface area contributed by atoms with Crippen LogP contribution in [-0.4, -0.2) is 24.8 Å². The predicted octanol–water partition coefficient (Wildman–Crippen LogP) is 3.99. The number of halogens is 1. The van der Waals surface area contributed by atoms with Crippen LogP contribution in [0.3, 0.4) is 0 Å². The number of nitrogens with one attached hydrogen (secondary N) is 2. The average molecular weight is 472 g/mol. The molecule has 0 amide bonds. The highest BCUT2D eigenvalue weighted by Gasteiger charge is 2.09. The number of rotatable bonds is 7. The minimum absolute atomic E-state index is 0. The Labute approximate surface area is 172 Å². The molecule has 0 aliphatic rings. The number of guanidine groups is 1. The van der Waals surface area contributed by atoms with Gasteiger partial charge in [-0.05, 0) is 31.4 Å². The van der Waals surface area contributed by atoms with Gasteiger partial charge in [-0.1, -0.05) is 31.1 Å². The normalized spacial score (nSPS) is 11.2. The second-order valence-electron chi connectivity index (χ2n) is 6.20. The smallest absolute Gasteiger partial charge is 0.191 e. The van der Waals surface area contributed by atoms with Crippen LogP contribution in [0.15, 0.2) is 33.8 Å². The second-order valence-corrected chi connectivity index (χ2v) is 6.20. The predicted molar refractivity (Wildman–Crippen MR) is 115 cm³/mol. The number of hydrogen-bond acceptors (Lipinski definition) is 4. The van der Waals surface area contributed by atoms with E-state index < -0.39 is 0 Å². The Morgan fingerprint density at radius 1 is 1.23 bits per heavy atom. The quantitative estimate of drug-likeness (QED) is 0.362. The number of ether oxygens (including phenoxy) is 1. The van der Waals surface area contributed by atoms with Crippen molar-refractivity contribution >= 4 is 29.9 Å². The number of hydrogen-bond donors (Lipinski definition) is 2. The van der Waals surface area contributed by atoms with Crippen molar-refractivity contribution in [3.05, 3.63) is 46.8 Å². The monoisotopic (exact) mass is 472 g/mol. The van der Waals surface area contributed by atoms with Gasteiger partial charge in [0.1, 0.15) is 5.75 Å². The molecule has 0 atom stereocenters. The molecule has 2 rings (SSSR count). The Balaban J connectivity index is 0.00000338. The summed E-state index contributed by atoms with van der Waals surface area (Å²) < 4.78 is 11.0. The summed E-state index contributed by atoms with van der Waals surface area (Å²) in [5.41, 5.74) is 3.24. The lowest BCUT2D eigenvalue weighted by Gasteiger charge is -2.14. The highest BCUT2D eigenvalue weighted by molar-refractivity contribution is 14.0. The van der Waals surface area contributed by atoms with Gasteiger partial charge in [-0.3, -0.25) is 4.99 Å². The maximum absolute atomic E-state index is 5.71. The summed E-state index contributed by atoms with van der Waals surface area (Å²) in [5, 5.41) is 10.6. The van der Waals surface area contributed by atoms with Gasteiger partial charge in [-0.15, -0.1) is 24.0 Å². The zero-order valence-corrected chi connectivity index (χ0v) is 18.5. The molecule has 144 valence electrons. The molecule has 6 nitrogen and oxygen atoms in total. The molecular weight excluding hydrogens is 443 g/mol. The van der Waals surface area contributed by atoms with Gasteiger partial charge in [0.15, 0.2) is 11.7 Å². The lowest BCUT2D eigenvalue weighted by atomic mass is 10.1. The Bertz CT molecular complexity index is 713. The summed E-state index contributed by atoms with van der Waals surface area (Å²) in [6.07, 6.45) is 0. The summed E-state index contributed by atoms with van der Waals surface area (Å²) >= 11 is 0. The van der Waals surface area contributed by atoms with Gasteiger partial charge in [-0.2, -0.15) is 0 Å². The largest absolute Gasteiger partial charge is 0.494 e. The first-order valence-electron chi connectivity index (χ1n) is 8.65. The van der Waals surface area contributed by atoms with E-state index in [0.29, 0.717) is 31.6 Å². The van der Waals surface area contributed by atoms with Crippen LogP contribution in [0, 0.1) is 6.92 Å². The van der Waals surface area contributed by atoms with E-state index in [9.17, 15) is 0 Å². The SMILES string of the molecule is CCOc1cc(C)ccc1CNC(=NC)NCc1cc(C(C)C)no1.I. The molecule has 0 radical (unpaired) electrons. The summed E-state index contributed by atoms with van der Waals surface area (Å²) in [4.78, 5) is 4.24. The van der Waals surface area contributed by atoms with Crippen LogP contribution in [-0.2, 0) is 13.1 Å². The van der Waals surface area contributed by atoms with Gasteiger partial charge in [0, 0.05) is 25.2 Å². The van der Waals surface area contributed by atoms with E-state index >= 15 is 0 Å². The van der Waals surface area contributed by atoms with E-state index in [0.717, 1.165) is 22.8 Å². The minimum Gasteiger partial charge on any atom is -0.494 e. The van der Waals surface area contributed by atoms with Crippen molar-refractivity contribution in [1.82, 2.24) is 15.8 Å². The van der Waals surface area contributed by atoms with Crippen LogP contribution in [0.4, 0.5) is 0 Å². The molecule has 2 N–H and O–H groups in total. The lowest BCUT2D eigenvalue weighted by molar-refractivity contribution is 0.336. The van der Waals surface area contributed by atoms with Crippen molar-refractivity contribution in [3.63, 3.8) is 0 Å². The molecular formula is C19H29IN4O2. The van der Waals surface area contributed by atoms with E-state index in [4.69, 9.17) is 9.26 Å². The molecule has 0 aliphatic carbocycles. The molecule has 0 spiro atoms. The van der Waals surface area contributed by atoms with Gasteiger partial charge in [-0.25, -0.2) is 0 Å². The Morgan fingerprint density at radius 3 is 2.58 bits per heavy atom.